The summed E-state index contributed by atoms with van der Waals surface area (Å²) in [5.41, 5.74) is -0.627. The topological polar surface area (TPSA) is 57.7 Å². The van der Waals surface area contributed by atoms with Gasteiger partial charge in [-0.3, -0.25) is 19.3 Å². The molecule has 2 aliphatic carbocycles. The van der Waals surface area contributed by atoms with Gasteiger partial charge in [0.1, 0.15) is 0 Å². The van der Waals surface area contributed by atoms with Crippen molar-refractivity contribution < 1.29 is 14.4 Å². The second-order valence-electron chi connectivity index (χ2n) is 8.34. The van der Waals surface area contributed by atoms with Gasteiger partial charge in [-0.1, -0.05) is 29.8 Å². The highest BCUT2D eigenvalue weighted by Crippen LogP contribution is 2.48. The van der Waals surface area contributed by atoms with E-state index in [4.69, 9.17) is 11.6 Å². The van der Waals surface area contributed by atoms with Crippen LogP contribution in [0.25, 0.3) is 0 Å². The lowest BCUT2D eigenvalue weighted by atomic mass is 9.75. The fraction of sp³-hybridized carbons (Fsp3) is 0.571. The predicted octanol–water partition coefficient (Wildman–Crippen LogP) is 3.00. The van der Waals surface area contributed by atoms with Crippen LogP contribution in [0.5, 0.6) is 0 Å². The summed E-state index contributed by atoms with van der Waals surface area (Å²) in [5.74, 6) is 0.501. The van der Waals surface area contributed by atoms with Crippen molar-refractivity contribution in [1.29, 1.82) is 0 Å². The number of carbonyl (C=O) groups excluding carboxylic acids is 3. The fourth-order valence-corrected chi connectivity index (χ4v) is 4.94. The molecule has 3 fully saturated rings. The third-order valence-corrected chi connectivity index (χ3v) is 6.76. The maximum Gasteiger partial charge on any atom is 0.240 e. The van der Waals surface area contributed by atoms with E-state index in [0.717, 1.165) is 4.90 Å². The number of likely N-dealkylation sites (N-methyl/N-ethyl adjacent to an activating group) is 1. The average molecular weight is 389 g/mol. The number of rotatable bonds is 6. The molecule has 2 saturated carbocycles. The molecule has 5 nitrogen and oxygen atoms in total. The van der Waals surface area contributed by atoms with Crippen molar-refractivity contribution in [3.05, 3.63) is 34.9 Å². The normalized spacial score (nSPS) is 25.4. The van der Waals surface area contributed by atoms with Gasteiger partial charge in [-0.15, -0.1) is 0 Å². The summed E-state index contributed by atoms with van der Waals surface area (Å²) in [6.07, 6.45) is 4.67. The van der Waals surface area contributed by atoms with Gasteiger partial charge in [0, 0.05) is 38.0 Å². The average Bonchev–Trinajstić information content (AvgIpc) is 3.54. The molecule has 1 saturated heterocycles. The van der Waals surface area contributed by atoms with E-state index in [1.807, 2.05) is 11.9 Å². The molecule has 1 aromatic rings. The van der Waals surface area contributed by atoms with Gasteiger partial charge in [0.2, 0.25) is 17.7 Å². The zero-order valence-corrected chi connectivity index (χ0v) is 16.5. The first kappa shape index (κ1) is 18.5. The molecule has 0 bridgehead atoms. The van der Waals surface area contributed by atoms with Crippen LogP contribution in [0.3, 0.4) is 0 Å². The third-order valence-electron chi connectivity index (χ3n) is 6.43. The predicted molar refractivity (Wildman–Crippen MR) is 102 cm³/mol. The summed E-state index contributed by atoms with van der Waals surface area (Å²) in [4.78, 5) is 41.7. The molecule has 6 heteroatoms. The number of carbonyl (C=O) groups is 3. The molecule has 144 valence electrons. The summed E-state index contributed by atoms with van der Waals surface area (Å²) in [6.45, 7) is 0. The monoisotopic (exact) mass is 388 g/mol. The molecule has 1 aliphatic heterocycles. The summed E-state index contributed by atoms with van der Waals surface area (Å²) < 4.78 is 0. The number of halogens is 1. The van der Waals surface area contributed by atoms with Crippen molar-refractivity contribution in [1.82, 2.24) is 9.80 Å². The standard InChI is InChI=1S/C21H25ClN2O3/c1-23(19(13-7-8-13)14-9-10-14)17(25)11-21(12-18(26)24(2)20(21)27)15-5-3-4-6-16(15)22/h3-6,13-14,19H,7-12H2,1-2H3/t21-/m0/s1. The summed E-state index contributed by atoms with van der Waals surface area (Å²) in [6, 6.07) is 7.32. The largest absolute Gasteiger partial charge is 0.342 e. The van der Waals surface area contributed by atoms with Crippen LogP contribution in [0.4, 0.5) is 0 Å². The molecule has 1 heterocycles. The fourth-order valence-electron chi connectivity index (χ4n) is 4.62. The van der Waals surface area contributed by atoms with E-state index >= 15 is 0 Å². The number of nitrogens with zero attached hydrogens (tertiary/aromatic N) is 2. The van der Waals surface area contributed by atoms with Gasteiger partial charge in [-0.2, -0.15) is 0 Å². The number of amides is 3. The summed E-state index contributed by atoms with van der Waals surface area (Å²) in [7, 11) is 3.34. The molecule has 1 aromatic carbocycles. The molecular formula is C21H25ClN2O3. The smallest absolute Gasteiger partial charge is 0.240 e. The van der Waals surface area contributed by atoms with Crippen LogP contribution in [0, 0.1) is 11.8 Å². The van der Waals surface area contributed by atoms with Crippen LogP contribution in [-0.4, -0.2) is 47.7 Å². The summed E-state index contributed by atoms with van der Waals surface area (Å²) >= 11 is 6.39. The Kier molecular flexibility index (Phi) is 4.53. The minimum atomic E-state index is -1.20. The molecular weight excluding hydrogens is 364 g/mol. The minimum absolute atomic E-state index is 0.0107. The molecule has 0 aromatic heterocycles. The maximum absolute atomic E-state index is 13.3. The van der Waals surface area contributed by atoms with Gasteiger partial charge >= 0.3 is 0 Å². The van der Waals surface area contributed by atoms with Crippen molar-refractivity contribution in [3.63, 3.8) is 0 Å². The summed E-state index contributed by atoms with van der Waals surface area (Å²) in [5, 5.41) is 0.422. The Hall–Kier alpha value is -1.88. The first-order valence-electron chi connectivity index (χ1n) is 9.67. The van der Waals surface area contributed by atoms with Gasteiger partial charge in [0.05, 0.1) is 5.41 Å². The van der Waals surface area contributed by atoms with E-state index in [2.05, 4.69) is 0 Å². The first-order chi connectivity index (χ1) is 12.8. The Morgan fingerprint density at radius 2 is 1.81 bits per heavy atom. The van der Waals surface area contributed by atoms with Crippen molar-refractivity contribution in [2.75, 3.05) is 14.1 Å². The van der Waals surface area contributed by atoms with Gasteiger partial charge in [-0.25, -0.2) is 0 Å². The Morgan fingerprint density at radius 1 is 1.22 bits per heavy atom. The Balaban J connectivity index is 1.66. The van der Waals surface area contributed by atoms with Crippen LogP contribution < -0.4 is 0 Å². The quantitative estimate of drug-likeness (QED) is 0.704. The molecule has 0 spiro atoms. The van der Waals surface area contributed by atoms with Gasteiger partial charge < -0.3 is 4.90 Å². The molecule has 27 heavy (non-hydrogen) atoms. The second kappa shape index (κ2) is 6.62. The maximum atomic E-state index is 13.3. The van der Waals surface area contributed by atoms with Crippen LogP contribution in [0.2, 0.25) is 5.02 Å². The van der Waals surface area contributed by atoms with E-state index in [1.165, 1.54) is 32.7 Å². The molecule has 0 radical (unpaired) electrons. The number of likely N-dealkylation sites (tertiary alicyclic amines) is 1. The highest BCUT2D eigenvalue weighted by atomic mass is 35.5. The van der Waals surface area contributed by atoms with Crippen LogP contribution in [-0.2, 0) is 19.8 Å². The zero-order valence-electron chi connectivity index (χ0n) is 15.8. The Bertz CT molecular complexity index is 790. The second-order valence-corrected chi connectivity index (χ2v) is 8.75. The van der Waals surface area contributed by atoms with Gasteiger partial charge in [0.15, 0.2) is 0 Å². The van der Waals surface area contributed by atoms with Crippen molar-refractivity contribution in [2.45, 2.75) is 50.0 Å². The van der Waals surface area contributed by atoms with Gasteiger partial charge in [-0.05, 0) is 49.1 Å². The Morgan fingerprint density at radius 3 is 2.30 bits per heavy atom. The zero-order chi connectivity index (χ0) is 19.3. The third kappa shape index (κ3) is 3.16. The van der Waals surface area contributed by atoms with Gasteiger partial charge in [0.25, 0.3) is 0 Å². The van der Waals surface area contributed by atoms with E-state index in [1.54, 1.807) is 24.3 Å². The lowest BCUT2D eigenvalue weighted by Gasteiger charge is -2.33. The van der Waals surface area contributed by atoms with E-state index in [0.29, 0.717) is 22.4 Å². The van der Waals surface area contributed by atoms with Crippen LogP contribution in [0.15, 0.2) is 24.3 Å². The van der Waals surface area contributed by atoms with Crippen molar-refractivity contribution in [2.24, 2.45) is 11.8 Å². The molecule has 1 atom stereocenters. The number of hydrogen-bond acceptors (Lipinski definition) is 3. The number of imide groups is 1. The number of benzene rings is 1. The minimum Gasteiger partial charge on any atom is -0.342 e. The lowest BCUT2D eigenvalue weighted by Crippen LogP contribution is -2.46. The SMILES string of the molecule is CN1C(=O)C[C@@](CC(=O)N(C)C(C2CC2)C2CC2)(c2ccccc2Cl)C1=O. The molecule has 4 rings (SSSR count). The molecule has 3 aliphatic rings. The first-order valence-corrected chi connectivity index (χ1v) is 10.0. The van der Waals surface area contributed by atoms with E-state index in [9.17, 15) is 14.4 Å². The van der Waals surface area contributed by atoms with E-state index < -0.39 is 5.41 Å². The molecule has 0 unspecified atom stereocenters. The molecule has 0 N–H and O–H groups in total. The van der Waals surface area contributed by atoms with E-state index in [-0.39, 0.29) is 36.6 Å². The highest BCUT2D eigenvalue weighted by Gasteiger charge is 2.54. The molecule has 3 amide bonds. The van der Waals surface area contributed by atoms with Crippen LogP contribution >= 0.6 is 11.6 Å². The highest BCUT2D eigenvalue weighted by molar-refractivity contribution is 6.32. The van der Waals surface area contributed by atoms with Crippen molar-refractivity contribution >= 4 is 29.3 Å². The lowest BCUT2D eigenvalue weighted by molar-refractivity contribution is -0.142. The number of hydrogen-bond donors (Lipinski definition) is 0. The Labute approximate surface area is 164 Å². The van der Waals surface area contributed by atoms with Crippen LogP contribution in [0.1, 0.15) is 44.1 Å². The van der Waals surface area contributed by atoms with Crippen molar-refractivity contribution in [3.8, 4) is 0 Å².